The van der Waals surface area contributed by atoms with Gasteiger partial charge in [-0.1, -0.05) is 6.92 Å². The highest BCUT2D eigenvalue weighted by atomic mass is 19.2. The van der Waals surface area contributed by atoms with Crippen molar-refractivity contribution in [1.29, 1.82) is 0 Å². The first-order chi connectivity index (χ1) is 15.5. The molecule has 0 saturated carbocycles. The van der Waals surface area contributed by atoms with Crippen LogP contribution in [0.2, 0.25) is 0 Å². The van der Waals surface area contributed by atoms with Crippen LogP contribution in [-0.4, -0.2) is 41.3 Å². The Bertz CT molecular complexity index is 1100. The summed E-state index contributed by atoms with van der Waals surface area (Å²) in [5.74, 6) is -7.29. The average Bonchev–Trinajstić information content (AvgIpc) is 2.78. The predicted octanol–water partition coefficient (Wildman–Crippen LogP) is 2.72. The molecule has 1 aliphatic rings. The molecule has 1 aromatic heterocycles. The SMILES string of the molecule is COc1ncc(NC(=O)C(=O)N2C[C@@H](C)CC[C@@]2(C)c2cc(F)c(F)c(F)c2)cc1C(N)=O. The first-order valence-electron chi connectivity index (χ1n) is 10.1. The van der Waals surface area contributed by atoms with Crippen LogP contribution in [0, 0.1) is 23.4 Å². The van der Waals surface area contributed by atoms with E-state index in [9.17, 15) is 27.6 Å². The number of piperidine rings is 1. The van der Waals surface area contributed by atoms with Crippen molar-refractivity contribution in [3.63, 3.8) is 0 Å². The van der Waals surface area contributed by atoms with Crippen molar-refractivity contribution in [1.82, 2.24) is 9.88 Å². The van der Waals surface area contributed by atoms with Crippen LogP contribution < -0.4 is 15.8 Å². The fourth-order valence-corrected chi connectivity index (χ4v) is 3.91. The third-order valence-electron chi connectivity index (χ3n) is 5.83. The molecule has 11 heteroatoms. The molecule has 1 aromatic carbocycles. The Kier molecular flexibility index (Phi) is 6.61. The fourth-order valence-electron chi connectivity index (χ4n) is 3.91. The van der Waals surface area contributed by atoms with E-state index in [4.69, 9.17) is 10.5 Å². The number of pyridine rings is 1. The topological polar surface area (TPSA) is 115 Å². The van der Waals surface area contributed by atoms with Crippen molar-refractivity contribution in [2.75, 3.05) is 19.0 Å². The van der Waals surface area contributed by atoms with E-state index in [0.29, 0.717) is 12.8 Å². The van der Waals surface area contributed by atoms with Crippen LogP contribution in [0.1, 0.15) is 42.6 Å². The van der Waals surface area contributed by atoms with E-state index in [1.54, 1.807) is 6.92 Å². The van der Waals surface area contributed by atoms with Crippen molar-refractivity contribution >= 4 is 23.4 Å². The van der Waals surface area contributed by atoms with E-state index in [1.165, 1.54) is 24.3 Å². The summed E-state index contributed by atoms with van der Waals surface area (Å²) in [6.07, 6.45) is 2.10. The minimum absolute atomic E-state index is 0.00841. The van der Waals surface area contributed by atoms with Crippen LogP contribution in [0.15, 0.2) is 24.4 Å². The lowest BCUT2D eigenvalue weighted by Crippen LogP contribution is -2.55. The minimum Gasteiger partial charge on any atom is -0.480 e. The number of nitrogens with two attached hydrogens (primary N) is 1. The highest BCUT2D eigenvalue weighted by Gasteiger charge is 2.43. The molecule has 0 unspecified atom stereocenters. The van der Waals surface area contributed by atoms with Gasteiger partial charge in [0.25, 0.3) is 5.91 Å². The van der Waals surface area contributed by atoms with Crippen molar-refractivity contribution in [3.8, 4) is 5.88 Å². The molecule has 3 N–H and O–H groups in total. The quantitative estimate of drug-likeness (QED) is 0.534. The van der Waals surface area contributed by atoms with Gasteiger partial charge in [0.2, 0.25) is 5.88 Å². The maximum absolute atomic E-state index is 13.9. The average molecular weight is 464 g/mol. The molecule has 1 saturated heterocycles. The molecule has 3 rings (SSSR count). The number of primary amides is 1. The molecule has 8 nitrogen and oxygen atoms in total. The predicted molar refractivity (Wildman–Crippen MR) is 112 cm³/mol. The molecule has 1 aliphatic heterocycles. The number of ether oxygens (including phenoxy) is 1. The Morgan fingerprint density at radius 1 is 1.21 bits per heavy atom. The number of anilines is 1. The standard InChI is InChI=1S/C22H23F3N4O4/c1-11-4-5-22(2,12-6-15(23)17(25)16(24)7-12)29(10-11)21(32)19(31)28-13-8-14(18(26)30)20(33-3)27-9-13/h6-9,11H,4-5,10H2,1-3H3,(H2,26,30)(H,28,31)/t11-,22-/m0/s1. The molecule has 33 heavy (non-hydrogen) atoms. The summed E-state index contributed by atoms with van der Waals surface area (Å²) >= 11 is 0. The Labute approximate surface area is 187 Å². The summed E-state index contributed by atoms with van der Waals surface area (Å²) in [6.45, 7) is 3.57. The van der Waals surface area contributed by atoms with Crippen molar-refractivity contribution in [2.45, 2.75) is 32.2 Å². The molecule has 0 aliphatic carbocycles. The Balaban J connectivity index is 1.92. The molecule has 0 spiro atoms. The van der Waals surface area contributed by atoms with Crippen LogP contribution in [0.5, 0.6) is 5.88 Å². The fraction of sp³-hybridized carbons (Fsp3) is 0.364. The summed E-state index contributed by atoms with van der Waals surface area (Å²) in [7, 11) is 1.29. The number of aromatic nitrogens is 1. The van der Waals surface area contributed by atoms with Gasteiger partial charge in [0.05, 0.1) is 24.5 Å². The second kappa shape index (κ2) is 9.08. The smallest absolute Gasteiger partial charge is 0.313 e. The highest BCUT2D eigenvalue weighted by molar-refractivity contribution is 6.39. The Hall–Kier alpha value is -3.63. The zero-order chi connectivity index (χ0) is 24.5. The van der Waals surface area contributed by atoms with Crippen LogP contribution in [0.25, 0.3) is 0 Å². The number of nitrogens with zero attached hydrogens (tertiary/aromatic N) is 2. The van der Waals surface area contributed by atoms with E-state index >= 15 is 0 Å². The summed E-state index contributed by atoms with van der Waals surface area (Å²) in [6, 6.07) is 2.88. The summed E-state index contributed by atoms with van der Waals surface area (Å²) in [5, 5.41) is 2.36. The number of benzene rings is 1. The zero-order valence-electron chi connectivity index (χ0n) is 18.2. The molecular weight excluding hydrogens is 441 g/mol. The molecule has 0 bridgehead atoms. The summed E-state index contributed by atoms with van der Waals surface area (Å²) < 4.78 is 46.3. The largest absolute Gasteiger partial charge is 0.480 e. The lowest BCUT2D eigenvalue weighted by molar-refractivity contribution is -0.150. The number of nitrogens with one attached hydrogen (secondary N) is 1. The maximum atomic E-state index is 13.9. The molecule has 176 valence electrons. The third kappa shape index (κ3) is 4.62. The summed E-state index contributed by atoms with van der Waals surface area (Å²) in [5.41, 5.74) is 3.98. The normalized spacial score (nSPS) is 20.3. The molecule has 0 radical (unpaired) electrons. The highest BCUT2D eigenvalue weighted by Crippen LogP contribution is 2.40. The van der Waals surface area contributed by atoms with E-state index in [-0.39, 0.29) is 35.2 Å². The van der Waals surface area contributed by atoms with E-state index in [2.05, 4.69) is 10.3 Å². The number of halogens is 3. The van der Waals surface area contributed by atoms with Crippen molar-refractivity contribution in [2.24, 2.45) is 11.7 Å². The molecule has 2 atom stereocenters. The number of carbonyl (C=O) groups is 3. The van der Waals surface area contributed by atoms with Gasteiger partial charge in [-0.25, -0.2) is 18.2 Å². The number of hydrogen-bond donors (Lipinski definition) is 2. The first-order valence-corrected chi connectivity index (χ1v) is 10.1. The monoisotopic (exact) mass is 464 g/mol. The number of likely N-dealkylation sites (tertiary alicyclic amines) is 1. The van der Waals surface area contributed by atoms with Gasteiger partial charge in [0, 0.05) is 6.54 Å². The second-order valence-corrected chi connectivity index (χ2v) is 8.19. The molecular formula is C22H23F3N4O4. The van der Waals surface area contributed by atoms with Crippen molar-refractivity contribution < 1.29 is 32.3 Å². The van der Waals surface area contributed by atoms with Crippen LogP contribution >= 0.6 is 0 Å². The number of methoxy groups -OCH3 is 1. The first kappa shape index (κ1) is 24.0. The van der Waals surface area contributed by atoms with Gasteiger partial charge in [-0.3, -0.25) is 14.4 Å². The van der Waals surface area contributed by atoms with Gasteiger partial charge in [-0.05, 0) is 49.4 Å². The lowest BCUT2D eigenvalue weighted by atomic mass is 9.79. The van der Waals surface area contributed by atoms with Gasteiger partial charge >= 0.3 is 11.8 Å². The second-order valence-electron chi connectivity index (χ2n) is 8.19. The molecule has 2 heterocycles. The minimum atomic E-state index is -1.61. The maximum Gasteiger partial charge on any atom is 0.313 e. The zero-order valence-corrected chi connectivity index (χ0v) is 18.2. The number of carbonyl (C=O) groups excluding carboxylic acids is 3. The Morgan fingerprint density at radius 3 is 2.42 bits per heavy atom. The Morgan fingerprint density at radius 2 is 1.85 bits per heavy atom. The summed E-state index contributed by atoms with van der Waals surface area (Å²) in [4.78, 5) is 42.6. The number of rotatable bonds is 4. The van der Waals surface area contributed by atoms with Gasteiger partial charge < -0.3 is 20.7 Å². The van der Waals surface area contributed by atoms with E-state index in [1.807, 2.05) is 6.92 Å². The van der Waals surface area contributed by atoms with E-state index < -0.39 is 40.7 Å². The molecule has 1 fully saturated rings. The van der Waals surface area contributed by atoms with Gasteiger partial charge in [-0.15, -0.1) is 0 Å². The van der Waals surface area contributed by atoms with Gasteiger partial charge in [0.1, 0.15) is 5.56 Å². The van der Waals surface area contributed by atoms with Gasteiger partial charge in [0.15, 0.2) is 17.5 Å². The van der Waals surface area contributed by atoms with Crippen LogP contribution in [-0.2, 0) is 15.1 Å². The number of amides is 3. The molecule has 3 amide bonds. The lowest BCUT2D eigenvalue weighted by Gasteiger charge is -2.47. The molecule has 2 aromatic rings. The third-order valence-corrected chi connectivity index (χ3v) is 5.83. The van der Waals surface area contributed by atoms with Crippen LogP contribution in [0.4, 0.5) is 18.9 Å². The van der Waals surface area contributed by atoms with Crippen LogP contribution in [0.3, 0.4) is 0 Å². The van der Waals surface area contributed by atoms with Gasteiger partial charge in [-0.2, -0.15) is 0 Å². The van der Waals surface area contributed by atoms with Crippen molar-refractivity contribution in [3.05, 3.63) is 53.0 Å². The van der Waals surface area contributed by atoms with E-state index in [0.717, 1.165) is 12.1 Å². The number of hydrogen-bond acceptors (Lipinski definition) is 5.